The van der Waals surface area contributed by atoms with Gasteiger partial charge in [0.1, 0.15) is 23.1 Å². The Morgan fingerprint density at radius 1 is 1.31 bits per heavy atom. The number of phenolic OH excluding ortho intramolecular Hbond substituents is 2. The van der Waals surface area contributed by atoms with Crippen LogP contribution in [0.5, 0.6) is 11.5 Å². The number of hydrogen-bond acceptors (Lipinski definition) is 6. The number of benzene rings is 1. The first kappa shape index (κ1) is 22.0. The third-order valence-electron chi connectivity index (χ3n) is 4.70. The number of rotatable bonds is 8. The molecule has 2 atom stereocenters. The highest BCUT2D eigenvalue weighted by atomic mass is 16.3. The van der Waals surface area contributed by atoms with Crippen molar-refractivity contribution in [3.8, 4) is 23.8 Å². The molecule has 2 rings (SSSR count). The summed E-state index contributed by atoms with van der Waals surface area (Å²) in [4.78, 5) is 38.7. The van der Waals surface area contributed by atoms with Gasteiger partial charge in [0.15, 0.2) is 0 Å². The maximum absolute atomic E-state index is 12.9. The number of amides is 3. The van der Waals surface area contributed by atoms with Crippen LogP contribution in [0.15, 0.2) is 18.2 Å². The van der Waals surface area contributed by atoms with Crippen LogP contribution in [-0.2, 0) is 9.59 Å². The Labute approximate surface area is 169 Å². The minimum atomic E-state index is -0.834. The van der Waals surface area contributed by atoms with E-state index in [-0.39, 0.29) is 54.4 Å². The van der Waals surface area contributed by atoms with Gasteiger partial charge in [-0.15, -0.1) is 12.3 Å². The lowest BCUT2D eigenvalue weighted by atomic mass is 10.1. The lowest BCUT2D eigenvalue weighted by Gasteiger charge is -2.29. The summed E-state index contributed by atoms with van der Waals surface area (Å²) < 4.78 is 0. The van der Waals surface area contributed by atoms with Gasteiger partial charge in [-0.05, 0) is 32.0 Å². The van der Waals surface area contributed by atoms with Crippen molar-refractivity contribution in [3.63, 3.8) is 0 Å². The van der Waals surface area contributed by atoms with Gasteiger partial charge in [0.25, 0.3) is 5.91 Å². The number of nitrogens with one attached hydrogen (secondary N) is 3. The monoisotopic (exact) mass is 402 g/mol. The summed E-state index contributed by atoms with van der Waals surface area (Å²) in [5.41, 5.74) is -0.215. The number of aromatic hydroxyl groups is 2. The van der Waals surface area contributed by atoms with Crippen molar-refractivity contribution >= 4 is 17.7 Å². The number of hydrogen-bond donors (Lipinski definition) is 5. The molecule has 1 heterocycles. The maximum atomic E-state index is 12.9. The Balaban J connectivity index is 2.02. The Morgan fingerprint density at radius 2 is 2.00 bits per heavy atom. The van der Waals surface area contributed by atoms with Gasteiger partial charge in [-0.3, -0.25) is 14.4 Å². The van der Waals surface area contributed by atoms with E-state index in [1.165, 1.54) is 18.2 Å². The van der Waals surface area contributed by atoms with Crippen molar-refractivity contribution in [3.05, 3.63) is 23.8 Å². The van der Waals surface area contributed by atoms with Gasteiger partial charge >= 0.3 is 0 Å². The van der Waals surface area contributed by atoms with Gasteiger partial charge in [-0.1, -0.05) is 6.07 Å². The number of likely N-dealkylation sites (tertiary alicyclic amines) is 1. The van der Waals surface area contributed by atoms with Crippen molar-refractivity contribution in [1.82, 2.24) is 20.9 Å². The Morgan fingerprint density at radius 3 is 2.62 bits per heavy atom. The highest BCUT2D eigenvalue weighted by molar-refractivity contribution is 5.99. The number of carbonyl (C=O) groups excluding carboxylic acids is 3. The molecule has 0 bridgehead atoms. The van der Waals surface area contributed by atoms with Crippen LogP contribution in [0.1, 0.15) is 29.6 Å². The third-order valence-corrected chi connectivity index (χ3v) is 4.70. The van der Waals surface area contributed by atoms with Gasteiger partial charge in [-0.25, -0.2) is 0 Å². The molecule has 1 aromatic rings. The van der Waals surface area contributed by atoms with Crippen LogP contribution in [-0.4, -0.2) is 71.6 Å². The molecule has 3 amide bonds. The van der Waals surface area contributed by atoms with Gasteiger partial charge in [0, 0.05) is 25.6 Å². The van der Waals surface area contributed by atoms with E-state index in [1.54, 1.807) is 11.9 Å². The van der Waals surface area contributed by atoms with Gasteiger partial charge < -0.3 is 31.1 Å². The average Bonchev–Trinajstić information content (AvgIpc) is 3.14. The Hall–Kier alpha value is -3.25. The summed E-state index contributed by atoms with van der Waals surface area (Å²) >= 11 is 0. The van der Waals surface area contributed by atoms with Gasteiger partial charge in [-0.2, -0.15) is 0 Å². The van der Waals surface area contributed by atoms with Crippen molar-refractivity contribution in [2.45, 2.75) is 31.3 Å². The van der Waals surface area contributed by atoms with Crippen LogP contribution in [0.3, 0.4) is 0 Å². The first-order valence-corrected chi connectivity index (χ1v) is 9.36. The molecule has 0 spiro atoms. The SMILES string of the molecule is C#CC[C@H](NC(=O)CNC)C(=O)N1CCC[C@H]1CNC(=O)c1c(O)cccc1O. The largest absolute Gasteiger partial charge is 0.507 e. The lowest BCUT2D eigenvalue weighted by molar-refractivity contribution is -0.136. The maximum Gasteiger partial charge on any atom is 0.258 e. The summed E-state index contributed by atoms with van der Waals surface area (Å²) in [5, 5.41) is 27.6. The fourth-order valence-electron chi connectivity index (χ4n) is 3.32. The summed E-state index contributed by atoms with van der Waals surface area (Å²) in [5.74, 6) is 0.483. The molecule has 0 saturated carbocycles. The smallest absolute Gasteiger partial charge is 0.258 e. The van der Waals surface area contributed by atoms with Crippen molar-refractivity contribution in [1.29, 1.82) is 0 Å². The lowest BCUT2D eigenvalue weighted by Crippen LogP contribution is -2.53. The second kappa shape index (κ2) is 10.3. The predicted molar refractivity (Wildman–Crippen MR) is 106 cm³/mol. The Kier molecular flexibility index (Phi) is 7.86. The number of phenols is 2. The number of nitrogens with zero attached hydrogens (tertiary/aromatic N) is 1. The number of carbonyl (C=O) groups is 3. The quantitative estimate of drug-likeness (QED) is 0.374. The zero-order chi connectivity index (χ0) is 21.4. The third kappa shape index (κ3) is 5.62. The molecule has 9 heteroatoms. The van der Waals surface area contributed by atoms with Gasteiger partial charge in [0.05, 0.1) is 6.54 Å². The summed E-state index contributed by atoms with van der Waals surface area (Å²) in [6, 6.07) is 2.92. The zero-order valence-electron chi connectivity index (χ0n) is 16.3. The predicted octanol–water partition coefficient (Wildman–Crippen LogP) is -0.454. The molecule has 5 N–H and O–H groups in total. The van der Waals surface area contributed by atoms with E-state index in [4.69, 9.17) is 6.42 Å². The highest BCUT2D eigenvalue weighted by Gasteiger charge is 2.34. The van der Waals surface area contributed by atoms with Crippen LogP contribution in [0.25, 0.3) is 0 Å². The van der Waals surface area contributed by atoms with E-state index in [0.29, 0.717) is 13.0 Å². The fraction of sp³-hybridized carbons (Fsp3) is 0.450. The minimum absolute atomic E-state index is 0.0651. The molecule has 1 saturated heterocycles. The van der Waals surface area contributed by atoms with E-state index in [9.17, 15) is 24.6 Å². The molecule has 1 aliphatic rings. The van der Waals surface area contributed by atoms with Crippen LogP contribution in [0, 0.1) is 12.3 Å². The molecule has 1 fully saturated rings. The topological polar surface area (TPSA) is 131 Å². The van der Waals surface area contributed by atoms with Crippen LogP contribution in [0.2, 0.25) is 0 Å². The van der Waals surface area contributed by atoms with E-state index in [2.05, 4.69) is 21.9 Å². The number of terminal acetylenes is 1. The van der Waals surface area contributed by atoms with Crippen LogP contribution < -0.4 is 16.0 Å². The first-order chi connectivity index (χ1) is 13.9. The minimum Gasteiger partial charge on any atom is -0.507 e. The molecule has 156 valence electrons. The molecule has 1 aromatic carbocycles. The van der Waals surface area contributed by atoms with E-state index < -0.39 is 11.9 Å². The van der Waals surface area contributed by atoms with Crippen LogP contribution >= 0.6 is 0 Å². The standard InChI is InChI=1S/C20H26N4O5/c1-3-6-14(23-17(27)12-21-2)20(29)24-10-5-7-13(24)11-22-19(28)18-15(25)8-4-9-16(18)26/h1,4,8-9,13-14,21,25-26H,5-7,10-12H2,2H3,(H,22,28)(H,23,27)/t13-,14-/m0/s1. The van der Waals surface area contributed by atoms with E-state index in [1.807, 2.05) is 0 Å². The zero-order valence-corrected chi connectivity index (χ0v) is 16.3. The second-order valence-electron chi connectivity index (χ2n) is 6.77. The normalized spacial score (nSPS) is 16.7. The molecular formula is C20H26N4O5. The van der Waals surface area contributed by atoms with Gasteiger partial charge in [0.2, 0.25) is 11.8 Å². The highest BCUT2D eigenvalue weighted by Crippen LogP contribution is 2.26. The Bertz CT molecular complexity index is 784. The van der Waals surface area contributed by atoms with E-state index in [0.717, 1.165) is 6.42 Å². The number of likely N-dealkylation sites (N-methyl/N-ethyl adjacent to an activating group) is 1. The molecule has 29 heavy (non-hydrogen) atoms. The summed E-state index contributed by atoms with van der Waals surface area (Å²) in [6.07, 6.45) is 6.84. The molecule has 0 unspecified atom stereocenters. The summed E-state index contributed by atoms with van der Waals surface area (Å²) in [6.45, 7) is 0.702. The molecule has 1 aliphatic heterocycles. The van der Waals surface area contributed by atoms with Crippen molar-refractivity contribution in [2.24, 2.45) is 0 Å². The molecular weight excluding hydrogens is 376 g/mol. The van der Waals surface area contributed by atoms with Crippen molar-refractivity contribution < 1.29 is 24.6 Å². The fourth-order valence-corrected chi connectivity index (χ4v) is 3.32. The summed E-state index contributed by atoms with van der Waals surface area (Å²) in [7, 11) is 1.62. The van der Waals surface area contributed by atoms with Crippen molar-refractivity contribution in [2.75, 3.05) is 26.7 Å². The first-order valence-electron chi connectivity index (χ1n) is 9.36. The second-order valence-corrected chi connectivity index (χ2v) is 6.77. The molecule has 9 nitrogen and oxygen atoms in total. The molecule has 0 aliphatic carbocycles. The average molecular weight is 402 g/mol. The van der Waals surface area contributed by atoms with Crippen LogP contribution in [0.4, 0.5) is 0 Å². The molecule has 0 aromatic heterocycles. The molecule has 0 radical (unpaired) electrons. The van der Waals surface area contributed by atoms with E-state index >= 15 is 0 Å².